The van der Waals surface area contributed by atoms with Gasteiger partial charge in [-0.1, -0.05) is 6.07 Å². The molecule has 1 heterocycles. The average Bonchev–Trinajstić information content (AvgIpc) is 2.72. The molecule has 0 aliphatic carbocycles. The molecule has 0 aliphatic heterocycles. The van der Waals surface area contributed by atoms with Gasteiger partial charge >= 0.3 is 0 Å². The van der Waals surface area contributed by atoms with E-state index >= 15 is 0 Å². The maximum Gasteiger partial charge on any atom is 0.275 e. The highest BCUT2D eigenvalue weighted by molar-refractivity contribution is 7.09. The highest BCUT2D eigenvalue weighted by Gasteiger charge is 2.11. The number of nitrogens with zero attached hydrogens (tertiary/aromatic N) is 1. The molecule has 0 bridgehead atoms. The molecule has 2 rings (SSSR count). The van der Waals surface area contributed by atoms with Crippen LogP contribution in [0, 0.1) is 13.8 Å². The molecule has 0 atom stereocenters. The molecule has 0 saturated heterocycles. The predicted molar refractivity (Wildman–Crippen MR) is 67.6 cm³/mol. The van der Waals surface area contributed by atoms with E-state index in [1.165, 1.54) is 11.3 Å². The Morgan fingerprint density at radius 3 is 2.82 bits per heavy atom. The summed E-state index contributed by atoms with van der Waals surface area (Å²) < 4.78 is 0. The van der Waals surface area contributed by atoms with Crippen molar-refractivity contribution in [3.8, 4) is 5.75 Å². The molecule has 5 heteroatoms. The van der Waals surface area contributed by atoms with Crippen LogP contribution in [0.1, 0.15) is 21.1 Å². The lowest BCUT2D eigenvalue weighted by Crippen LogP contribution is -2.13. The lowest BCUT2D eigenvalue weighted by molar-refractivity contribution is 0.102. The lowest BCUT2D eigenvalue weighted by Gasteiger charge is -2.07. The maximum atomic E-state index is 11.8. The number of amides is 1. The summed E-state index contributed by atoms with van der Waals surface area (Å²) in [6.45, 7) is 3.60. The first-order valence-electron chi connectivity index (χ1n) is 5.10. The third kappa shape index (κ3) is 2.45. The number of thiazole rings is 1. The minimum atomic E-state index is -0.261. The summed E-state index contributed by atoms with van der Waals surface area (Å²) in [6, 6.07) is 5.01. The van der Waals surface area contributed by atoms with Crippen molar-refractivity contribution >= 4 is 22.9 Å². The van der Waals surface area contributed by atoms with E-state index in [0.717, 1.165) is 5.01 Å². The van der Waals surface area contributed by atoms with Crippen molar-refractivity contribution in [3.63, 3.8) is 0 Å². The van der Waals surface area contributed by atoms with Gasteiger partial charge in [-0.25, -0.2) is 4.98 Å². The van der Waals surface area contributed by atoms with Gasteiger partial charge < -0.3 is 10.4 Å². The molecular weight excluding hydrogens is 236 g/mol. The normalized spacial score (nSPS) is 10.2. The number of carbonyl (C=O) groups is 1. The van der Waals surface area contributed by atoms with Crippen LogP contribution >= 0.6 is 11.3 Å². The van der Waals surface area contributed by atoms with Gasteiger partial charge in [-0.3, -0.25) is 4.79 Å². The van der Waals surface area contributed by atoms with Crippen LogP contribution < -0.4 is 5.32 Å². The van der Waals surface area contributed by atoms with Crippen molar-refractivity contribution in [2.75, 3.05) is 5.32 Å². The summed E-state index contributed by atoms with van der Waals surface area (Å²) >= 11 is 1.43. The highest BCUT2D eigenvalue weighted by atomic mass is 32.1. The van der Waals surface area contributed by atoms with Gasteiger partial charge in [0.25, 0.3) is 5.91 Å². The van der Waals surface area contributed by atoms with Crippen LogP contribution in [0.25, 0.3) is 0 Å². The van der Waals surface area contributed by atoms with Crippen LogP contribution in [0.15, 0.2) is 23.6 Å². The topological polar surface area (TPSA) is 62.2 Å². The number of aromatic hydroxyl groups is 1. The molecule has 1 aromatic heterocycles. The summed E-state index contributed by atoms with van der Waals surface area (Å²) in [4.78, 5) is 15.9. The lowest BCUT2D eigenvalue weighted by atomic mass is 10.2. The smallest absolute Gasteiger partial charge is 0.275 e. The molecule has 88 valence electrons. The second kappa shape index (κ2) is 4.55. The molecular formula is C12H12N2O2S. The minimum Gasteiger partial charge on any atom is -0.508 e. The fraction of sp³-hybridized carbons (Fsp3) is 0.167. The Hall–Kier alpha value is -1.88. The molecule has 4 nitrogen and oxygen atoms in total. The Labute approximate surface area is 103 Å². The third-order valence-corrected chi connectivity index (χ3v) is 3.18. The molecule has 2 aromatic rings. The average molecular weight is 248 g/mol. The Morgan fingerprint density at radius 1 is 1.41 bits per heavy atom. The largest absolute Gasteiger partial charge is 0.508 e. The predicted octanol–water partition coefficient (Wildman–Crippen LogP) is 2.72. The molecule has 1 aromatic carbocycles. The highest BCUT2D eigenvalue weighted by Crippen LogP contribution is 2.24. The summed E-state index contributed by atoms with van der Waals surface area (Å²) in [7, 11) is 0. The molecule has 0 spiro atoms. The van der Waals surface area contributed by atoms with E-state index in [9.17, 15) is 9.90 Å². The number of phenolic OH excluding ortho intramolecular Hbond substituents is 1. The Kier molecular flexibility index (Phi) is 3.10. The summed E-state index contributed by atoms with van der Waals surface area (Å²) in [6.07, 6.45) is 0. The third-order valence-electron chi connectivity index (χ3n) is 2.41. The summed E-state index contributed by atoms with van der Waals surface area (Å²) in [5, 5.41) is 14.8. The van der Waals surface area contributed by atoms with Gasteiger partial charge in [0.15, 0.2) is 0 Å². The minimum absolute atomic E-state index is 0.164. The number of anilines is 1. The maximum absolute atomic E-state index is 11.8. The van der Waals surface area contributed by atoms with E-state index < -0.39 is 0 Å². The van der Waals surface area contributed by atoms with Crippen molar-refractivity contribution in [2.24, 2.45) is 0 Å². The number of aromatic nitrogens is 1. The zero-order valence-electron chi connectivity index (χ0n) is 9.52. The van der Waals surface area contributed by atoms with Gasteiger partial charge in [-0.2, -0.15) is 0 Å². The first-order chi connectivity index (χ1) is 8.08. The standard InChI is InChI=1S/C12H12N2O2S/c1-7-9(4-3-5-11(7)15)14-12(16)10-6-17-8(2)13-10/h3-6,15H,1-2H3,(H,14,16). The van der Waals surface area contributed by atoms with E-state index in [1.807, 2.05) is 6.92 Å². The van der Waals surface area contributed by atoms with Crippen molar-refractivity contribution in [1.29, 1.82) is 0 Å². The van der Waals surface area contributed by atoms with Crippen LogP contribution in [0.2, 0.25) is 0 Å². The van der Waals surface area contributed by atoms with E-state index in [0.29, 0.717) is 16.9 Å². The molecule has 17 heavy (non-hydrogen) atoms. The second-order valence-corrected chi connectivity index (χ2v) is 4.72. The molecule has 2 N–H and O–H groups in total. The fourth-order valence-electron chi connectivity index (χ4n) is 1.41. The number of carbonyl (C=O) groups excluding carboxylic acids is 1. The number of hydrogen-bond acceptors (Lipinski definition) is 4. The quantitative estimate of drug-likeness (QED) is 0.859. The molecule has 0 fully saturated rings. The van der Waals surface area contributed by atoms with Crippen molar-refractivity contribution in [2.45, 2.75) is 13.8 Å². The number of phenols is 1. The summed E-state index contributed by atoms with van der Waals surface area (Å²) in [5.74, 6) is -0.0969. The second-order valence-electron chi connectivity index (χ2n) is 3.66. The monoisotopic (exact) mass is 248 g/mol. The number of nitrogens with one attached hydrogen (secondary N) is 1. The zero-order chi connectivity index (χ0) is 12.4. The van der Waals surface area contributed by atoms with E-state index in [2.05, 4.69) is 10.3 Å². The molecule has 0 aliphatic rings. The number of aryl methyl sites for hydroxylation is 1. The van der Waals surface area contributed by atoms with Crippen LogP contribution in [0.5, 0.6) is 5.75 Å². The van der Waals surface area contributed by atoms with E-state index in [-0.39, 0.29) is 11.7 Å². The van der Waals surface area contributed by atoms with E-state index in [4.69, 9.17) is 0 Å². The Balaban J connectivity index is 2.21. The van der Waals surface area contributed by atoms with Crippen LogP contribution in [0.3, 0.4) is 0 Å². The van der Waals surface area contributed by atoms with Crippen LogP contribution in [0.4, 0.5) is 5.69 Å². The van der Waals surface area contributed by atoms with Gasteiger partial charge in [0.05, 0.1) is 5.01 Å². The van der Waals surface area contributed by atoms with Crippen molar-refractivity contribution < 1.29 is 9.90 Å². The number of rotatable bonds is 2. The number of benzene rings is 1. The van der Waals surface area contributed by atoms with Gasteiger partial charge in [0, 0.05) is 16.6 Å². The number of hydrogen-bond donors (Lipinski definition) is 2. The van der Waals surface area contributed by atoms with Gasteiger partial charge in [0.2, 0.25) is 0 Å². The first-order valence-corrected chi connectivity index (χ1v) is 5.98. The van der Waals surface area contributed by atoms with Gasteiger partial charge in [-0.05, 0) is 26.0 Å². The van der Waals surface area contributed by atoms with Crippen LogP contribution in [-0.4, -0.2) is 16.0 Å². The molecule has 1 amide bonds. The SMILES string of the molecule is Cc1nc(C(=O)Nc2cccc(O)c2C)cs1. The molecule has 0 saturated carbocycles. The van der Waals surface area contributed by atoms with Gasteiger partial charge in [0.1, 0.15) is 11.4 Å². The molecule has 0 radical (unpaired) electrons. The van der Waals surface area contributed by atoms with Crippen LogP contribution in [-0.2, 0) is 0 Å². The van der Waals surface area contributed by atoms with Crippen molar-refractivity contribution in [3.05, 3.63) is 39.8 Å². The van der Waals surface area contributed by atoms with Gasteiger partial charge in [-0.15, -0.1) is 11.3 Å². The Bertz CT molecular complexity index is 563. The molecule has 0 unspecified atom stereocenters. The van der Waals surface area contributed by atoms with Crippen molar-refractivity contribution in [1.82, 2.24) is 4.98 Å². The first kappa shape index (κ1) is 11.6. The Morgan fingerprint density at radius 2 is 2.18 bits per heavy atom. The van der Waals surface area contributed by atoms with E-state index in [1.54, 1.807) is 30.5 Å². The fourth-order valence-corrected chi connectivity index (χ4v) is 2.01. The zero-order valence-corrected chi connectivity index (χ0v) is 10.3. The summed E-state index contributed by atoms with van der Waals surface area (Å²) in [5.41, 5.74) is 1.64.